The van der Waals surface area contributed by atoms with E-state index in [4.69, 9.17) is 11.1 Å². The number of nitrogen functional groups attached to an aromatic ring is 1. The van der Waals surface area contributed by atoms with Crippen molar-refractivity contribution < 1.29 is 9.59 Å². The summed E-state index contributed by atoms with van der Waals surface area (Å²) in [5, 5.41) is 14.4. The first-order chi connectivity index (χ1) is 17.0. The zero-order valence-electron chi connectivity index (χ0n) is 18.9. The average Bonchev–Trinajstić information content (AvgIpc) is 2.89. The number of nitrogens with one attached hydrogen (secondary N) is 3. The number of aromatic nitrogens is 2. The van der Waals surface area contributed by atoms with Gasteiger partial charge in [-0.15, -0.1) is 0 Å². The fraction of sp³-hybridized carbons (Fsp3) is 0.115. The highest BCUT2D eigenvalue weighted by molar-refractivity contribution is 6.01. The molecule has 0 radical (unpaired) electrons. The predicted molar refractivity (Wildman–Crippen MR) is 136 cm³/mol. The zero-order chi connectivity index (χ0) is 24.6. The Bertz CT molecular complexity index is 1360. The smallest absolute Gasteiger partial charge is 0.247 e. The summed E-state index contributed by atoms with van der Waals surface area (Å²) in [4.78, 5) is 36.0. The van der Waals surface area contributed by atoms with Crippen molar-refractivity contribution in [3.8, 4) is 0 Å². The van der Waals surface area contributed by atoms with Crippen LogP contribution in [-0.2, 0) is 16.1 Å². The number of benzene rings is 2. The highest BCUT2D eigenvalue weighted by Crippen LogP contribution is 2.18. The molecule has 4 rings (SSSR count). The third kappa shape index (κ3) is 6.17. The number of rotatable bonds is 9. The van der Waals surface area contributed by atoms with Crippen molar-refractivity contribution in [2.24, 2.45) is 5.73 Å². The lowest BCUT2D eigenvalue weighted by Gasteiger charge is -2.22. The molecule has 0 unspecified atom stereocenters. The van der Waals surface area contributed by atoms with Gasteiger partial charge in [0, 0.05) is 35.6 Å². The van der Waals surface area contributed by atoms with Crippen molar-refractivity contribution in [2.45, 2.75) is 6.54 Å². The van der Waals surface area contributed by atoms with E-state index in [1.54, 1.807) is 48.8 Å². The third-order valence-electron chi connectivity index (χ3n) is 5.29. The van der Waals surface area contributed by atoms with Gasteiger partial charge < -0.3 is 16.4 Å². The fourth-order valence-corrected chi connectivity index (χ4v) is 3.48. The van der Waals surface area contributed by atoms with Gasteiger partial charge in [-0.1, -0.05) is 36.4 Å². The lowest BCUT2D eigenvalue weighted by molar-refractivity contribution is -0.123. The molecule has 4 aromatic rings. The molecule has 0 saturated carbocycles. The largest absolute Gasteiger partial charge is 0.384 e. The zero-order valence-corrected chi connectivity index (χ0v) is 18.9. The van der Waals surface area contributed by atoms with Gasteiger partial charge in [0.15, 0.2) is 0 Å². The topological polar surface area (TPSA) is 137 Å². The quantitative estimate of drug-likeness (QED) is 0.221. The van der Waals surface area contributed by atoms with Crippen molar-refractivity contribution in [1.29, 1.82) is 5.41 Å². The van der Waals surface area contributed by atoms with Crippen LogP contribution in [0.2, 0.25) is 0 Å². The van der Waals surface area contributed by atoms with E-state index < -0.39 is 0 Å². The van der Waals surface area contributed by atoms with Crippen molar-refractivity contribution in [3.05, 3.63) is 96.3 Å². The van der Waals surface area contributed by atoms with Gasteiger partial charge in [0.2, 0.25) is 11.8 Å². The summed E-state index contributed by atoms with van der Waals surface area (Å²) in [5.74, 6) is -0.343. The number of amidine groups is 1. The van der Waals surface area contributed by atoms with Gasteiger partial charge >= 0.3 is 0 Å². The van der Waals surface area contributed by atoms with Gasteiger partial charge in [0.1, 0.15) is 18.2 Å². The van der Waals surface area contributed by atoms with Crippen LogP contribution in [0.1, 0.15) is 11.1 Å². The summed E-state index contributed by atoms with van der Waals surface area (Å²) >= 11 is 0. The van der Waals surface area contributed by atoms with Crippen LogP contribution in [0.4, 0.5) is 11.5 Å². The maximum Gasteiger partial charge on any atom is 0.247 e. The Balaban J connectivity index is 1.51. The third-order valence-corrected chi connectivity index (χ3v) is 5.29. The van der Waals surface area contributed by atoms with Gasteiger partial charge in [0.05, 0.1) is 12.1 Å². The molecule has 0 bridgehead atoms. The summed E-state index contributed by atoms with van der Waals surface area (Å²) in [5.41, 5.74) is 8.32. The van der Waals surface area contributed by atoms with E-state index in [0.717, 1.165) is 16.5 Å². The van der Waals surface area contributed by atoms with Gasteiger partial charge in [-0.25, -0.2) is 4.98 Å². The molecule has 0 saturated heterocycles. The number of fused-ring (bicyclic) bond motifs is 1. The maximum absolute atomic E-state index is 13.2. The van der Waals surface area contributed by atoms with Crippen molar-refractivity contribution in [2.75, 3.05) is 23.3 Å². The highest BCUT2D eigenvalue weighted by atomic mass is 16.2. The molecule has 0 spiro atoms. The number of nitrogens with two attached hydrogens (primary N) is 1. The summed E-state index contributed by atoms with van der Waals surface area (Å²) in [7, 11) is 0. The number of carbonyl (C=O) groups is 2. The molecular formula is C26H25N7O2. The van der Waals surface area contributed by atoms with Crippen LogP contribution in [0.3, 0.4) is 0 Å². The van der Waals surface area contributed by atoms with E-state index in [2.05, 4.69) is 20.6 Å². The van der Waals surface area contributed by atoms with Gasteiger partial charge in [-0.05, 0) is 42.0 Å². The van der Waals surface area contributed by atoms with Crippen LogP contribution >= 0.6 is 0 Å². The first kappa shape index (κ1) is 23.4. The second kappa shape index (κ2) is 10.9. The highest BCUT2D eigenvalue weighted by Gasteiger charge is 2.21. The Morgan fingerprint density at radius 1 is 1.00 bits per heavy atom. The molecule has 2 amide bonds. The molecule has 0 aliphatic heterocycles. The number of nitrogens with zero attached hydrogens (tertiary/aromatic N) is 3. The van der Waals surface area contributed by atoms with E-state index in [9.17, 15) is 9.59 Å². The first-order valence-electron chi connectivity index (χ1n) is 11.0. The van der Waals surface area contributed by atoms with Crippen LogP contribution in [-0.4, -0.2) is 40.7 Å². The SMILES string of the molecule is N=C(N)c1cccc(NCC(=O)N(CC(=O)NCc2cccnc2)c2ccc3ccccc3n2)c1. The lowest BCUT2D eigenvalue weighted by atomic mass is 10.2. The van der Waals surface area contributed by atoms with Crippen LogP contribution in [0.5, 0.6) is 0 Å². The number of carbonyl (C=O) groups excluding carboxylic acids is 2. The molecule has 176 valence electrons. The van der Waals surface area contributed by atoms with Crippen molar-refractivity contribution >= 4 is 40.1 Å². The van der Waals surface area contributed by atoms with Gasteiger partial charge in [-0.3, -0.25) is 24.9 Å². The van der Waals surface area contributed by atoms with Crippen molar-refractivity contribution in [3.63, 3.8) is 0 Å². The normalized spacial score (nSPS) is 10.5. The Morgan fingerprint density at radius 3 is 2.66 bits per heavy atom. The van der Waals surface area contributed by atoms with Crippen molar-refractivity contribution in [1.82, 2.24) is 15.3 Å². The molecule has 9 nitrogen and oxygen atoms in total. The van der Waals surface area contributed by atoms with Crippen LogP contribution in [0.15, 0.2) is 85.2 Å². The standard InChI is InChI=1S/C26H25N7O2/c27-26(28)20-7-3-8-21(13-20)30-16-25(35)33(17-24(34)31-15-18-5-4-12-29-14-18)23-11-10-19-6-1-2-9-22(19)32-23/h1-14,30H,15-17H2,(H3,27,28)(H,31,34). The second-order valence-corrected chi connectivity index (χ2v) is 7.83. The Morgan fingerprint density at radius 2 is 1.86 bits per heavy atom. The molecular weight excluding hydrogens is 442 g/mol. The van der Waals surface area contributed by atoms with Gasteiger partial charge in [0.25, 0.3) is 0 Å². The second-order valence-electron chi connectivity index (χ2n) is 7.83. The Hall–Kier alpha value is -4.79. The molecule has 0 aliphatic carbocycles. The molecule has 2 aromatic carbocycles. The molecule has 0 atom stereocenters. The Labute approximate surface area is 202 Å². The maximum atomic E-state index is 13.2. The summed E-state index contributed by atoms with van der Waals surface area (Å²) in [6.07, 6.45) is 3.34. The minimum atomic E-state index is -0.336. The number of amides is 2. The van der Waals surface area contributed by atoms with E-state index in [1.807, 2.05) is 36.4 Å². The number of anilines is 2. The minimum absolute atomic E-state index is 0.0627. The average molecular weight is 468 g/mol. The summed E-state index contributed by atoms with van der Waals surface area (Å²) < 4.78 is 0. The monoisotopic (exact) mass is 467 g/mol. The van der Waals surface area contributed by atoms with Crippen LogP contribution < -0.4 is 21.3 Å². The molecule has 9 heteroatoms. The molecule has 0 aliphatic rings. The summed E-state index contributed by atoms with van der Waals surface area (Å²) in [6.45, 7) is 0.0291. The number of pyridine rings is 2. The fourth-order valence-electron chi connectivity index (χ4n) is 3.48. The van der Waals surface area contributed by atoms with E-state index >= 15 is 0 Å². The number of hydrogen-bond acceptors (Lipinski definition) is 6. The molecule has 2 aromatic heterocycles. The van der Waals surface area contributed by atoms with Gasteiger partial charge in [-0.2, -0.15) is 0 Å². The van der Waals surface area contributed by atoms with E-state index in [-0.39, 0.29) is 30.7 Å². The summed E-state index contributed by atoms with van der Waals surface area (Å²) in [6, 6.07) is 21.8. The number of para-hydroxylation sites is 1. The molecule has 35 heavy (non-hydrogen) atoms. The molecule has 2 heterocycles. The number of hydrogen-bond donors (Lipinski definition) is 4. The van der Waals surface area contributed by atoms with Crippen LogP contribution in [0.25, 0.3) is 10.9 Å². The van der Waals surface area contributed by atoms with E-state index in [0.29, 0.717) is 23.6 Å². The Kier molecular flexibility index (Phi) is 7.27. The first-order valence-corrected chi connectivity index (χ1v) is 11.0. The predicted octanol–water partition coefficient (Wildman–Crippen LogP) is 2.68. The molecule has 5 N–H and O–H groups in total. The van der Waals surface area contributed by atoms with E-state index in [1.165, 1.54) is 4.90 Å². The lowest BCUT2D eigenvalue weighted by Crippen LogP contribution is -2.43. The van der Waals surface area contributed by atoms with Crippen LogP contribution in [0, 0.1) is 5.41 Å². The minimum Gasteiger partial charge on any atom is -0.384 e. The molecule has 0 fully saturated rings.